The quantitative estimate of drug-likeness (QED) is 0.807. The molecule has 23 heavy (non-hydrogen) atoms. The predicted octanol–water partition coefficient (Wildman–Crippen LogP) is 2.36. The maximum Gasteiger partial charge on any atom is 0.229 e. The molecular formula is C17H19N5O. The van der Waals surface area contributed by atoms with E-state index in [2.05, 4.69) is 25.8 Å². The molecule has 1 aliphatic rings. The molecule has 1 amide bonds. The van der Waals surface area contributed by atoms with E-state index in [4.69, 9.17) is 0 Å². The number of nitrogens with one attached hydrogen (secondary N) is 1. The summed E-state index contributed by atoms with van der Waals surface area (Å²) in [6.45, 7) is 5.48. The van der Waals surface area contributed by atoms with Gasteiger partial charge in [-0.2, -0.15) is 5.10 Å². The SMILES string of the molecule is Cc1n[nH]c(C)c1CCC(=O)N1CCn2c1nc1ccccc12. The molecule has 3 aromatic rings. The highest BCUT2D eigenvalue weighted by Gasteiger charge is 2.28. The molecule has 118 valence electrons. The van der Waals surface area contributed by atoms with Crippen molar-refractivity contribution in [1.82, 2.24) is 19.7 Å². The minimum absolute atomic E-state index is 0.124. The van der Waals surface area contributed by atoms with Crippen LogP contribution < -0.4 is 4.90 Å². The number of anilines is 1. The van der Waals surface area contributed by atoms with Crippen molar-refractivity contribution in [2.24, 2.45) is 0 Å². The summed E-state index contributed by atoms with van der Waals surface area (Å²) >= 11 is 0. The maximum atomic E-state index is 12.6. The summed E-state index contributed by atoms with van der Waals surface area (Å²) in [5.74, 6) is 0.899. The molecule has 4 rings (SSSR count). The number of carbonyl (C=O) groups is 1. The number of rotatable bonds is 3. The molecule has 0 fully saturated rings. The monoisotopic (exact) mass is 309 g/mol. The van der Waals surface area contributed by atoms with Gasteiger partial charge in [0, 0.05) is 25.2 Å². The Labute approximate surface area is 134 Å². The number of imidazole rings is 1. The summed E-state index contributed by atoms with van der Waals surface area (Å²) in [5.41, 5.74) is 5.21. The van der Waals surface area contributed by atoms with Crippen molar-refractivity contribution in [3.63, 3.8) is 0 Å². The zero-order chi connectivity index (χ0) is 16.0. The number of para-hydroxylation sites is 2. The number of aryl methyl sites for hydroxylation is 2. The third-order valence-corrected chi connectivity index (χ3v) is 4.59. The summed E-state index contributed by atoms with van der Waals surface area (Å²) < 4.78 is 2.13. The van der Waals surface area contributed by atoms with E-state index in [1.54, 1.807) is 0 Å². The van der Waals surface area contributed by atoms with Crippen molar-refractivity contribution < 1.29 is 4.79 Å². The molecule has 0 atom stereocenters. The lowest BCUT2D eigenvalue weighted by molar-refractivity contribution is -0.118. The van der Waals surface area contributed by atoms with E-state index in [1.807, 2.05) is 36.9 Å². The first-order chi connectivity index (χ1) is 11.1. The van der Waals surface area contributed by atoms with E-state index in [-0.39, 0.29) is 5.91 Å². The molecule has 0 unspecified atom stereocenters. The topological polar surface area (TPSA) is 66.8 Å². The van der Waals surface area contributed by atoms with Gasteiger partial charge in [-0.05, 0) is 38.0 Å². The Balaban J connectivity index is 1.55. The van der Waals surface area contributed by atoms with Crippen molar-refractivity contribution in [2.45, 2.75) is 33.2 Å². The molecule has 1 aromatic carbocycles. The van der Waals surface area contributed by atoms with Gasteiger partial charge in [0.05, 0.1) is 16.7 Å². The molecule has 2 aromatic heterocycles. The van der Waals surface area contributed by atoms with Crippen LogP contribution in [0.3, 0.4) is 0 Å². The molecule has 1 aliphatic heterocycles. The molecule has 0 bridgehead atoms. The number of H-pyrrole nitrogens is 1. The number of hydrogen-bond acceptors (Lipinski definition) is 3. The second kappa shape index (κ2) is 5.22. The van der Waals surface area contributed by atoms with Crippen molar-refractivity contribution in [2.75, 3.05) is 11.4 Å². The second-order valence-corrected chi connectivity index (χ2v) is 6.01. The number of carbonyl (C=O) groups excluding carboxylic acids is 1. The number of hydrogen-bond donors (Lipinski definition) is 1. The van der Waals surface area contributed by atoms with Gasteiger partial charge in [0.15, 0.2) is 0 Å². The number of aromatic amines is 1. The van der Waals surface area contributed by atoms with Gasteiger partial charge in [0.2, 0.25) is 11.9 Å². The maximum absolute atomic E-state index is 12.6. The average Bonchev–Trinajstić information content (AvgIpc) is 3.19. The molecule has 0 spiro atoms. The van der Waals surface area contributed by atoms with Crippen LogP contribution in [-0.4, -0.2) is 32.2 Å². The summed E-state index contributed by atoms with van der Waals surface area (Å²) in [7, 11) is 0. The Morgan fingerprint density at radius 1 is 1.26 bits per heavy atom. The van der Waals surface area contributed by atoms with Gasteiger partial charge in [-0.1, -0.05) is 12.1 Å². The zero-order valence-corrected chi connectivity index (χ0v) is 13.3. The number of fused-ring (bicyclic) bond motifs is 3. The summed E-state index contributed by atoms with van der Waals surface area (Å²) in [4.78, 5) is 19.1. The van der Waals surface area contributed by atoms with Crippen LogP contribution in [0.2, 0.25) is 0 Å². The van der Waals surface area contributed by atoms with Crippen LogP contribution in [0.25, 0.3) is 11.0 Å². The highest BCUT2D eigenvalue weighted by atomic mass is 16.2. The van der Waals surface area contributed by atoms with Crippen molar-refractivity contribution in [3.05, 3.63) is 41.2 Å². The summed E-state index contributed by atoms with van der Waals surface area (Å²) in [6, 6.07) is 8.02. The van der Waals surface area contributed by atoms with Crippen LogP contribution in [0.15, 0.2) is 24.3 Å². The lowest BCUT2D eigenvalue weighted by Crippen LogP contribution is -2.29. The van der Waals surface area contributed by atoms with E-state index in [9.17, 15) is 4.79 Å². The first-order valence-electron chi connectivity index (χ1n) is 7.91. The minimum Gasteiger partial charge on any atom is -0.308 e. The number of aromatic nitrogens is 4. The smallest absolute Gasteiger partial charge is 0.229 e. The first kappa shape index (κ1) is 14.0. The Hall–Kier alpha value is -2.63. The van der Waals surface area contributed by atoms with E-state index in [1.165, 1.54) is 0 Å². The number of benzene rings is 1. The molecule has 0 saturated heterocycles. The molecule has 6 nitrogen and oxygen atoms in total. The zero-order valence-electron chi connectivity index (χ0n) is 13.3. The lowest BCUT2D eigenvalue weighted by Gasteiger charge is -2.13. The fourth-order valence-electron chi connectivity index (χ4n) is 3.33. The lowest BCUT2D eigenvalue weighted by atomic mass is 10.1. The average molecular weight is 309 g/mol. The Kier molecular flexibility index (Phi) is 3.18. The van der Waals surface area contributed by atoms with Crippen LogP contribution in [0, 0.1) is 13.8 Å². The number of amides is 1. The minimum atomic E-state index is 0.124. The molecular weight excluding hydrogens is 290 g/mol. The molecule has 0 aliphatic carbocycles. The van der Waals surface area contributed by atoms with Gasteiger partial charge in [-0.3, -0.25) is 14.8 Å². The molecule has 0 saturated carbocycles. The van der Waals surface area contributed by atoms with Crippen molar-refractivity contribution >= 4 is 22.9 Å². The normalized spacial score (nSPS) is 13.7. The van der Waals surface area contributed by atoms with Crippen molar-refractivity contribution in [3.8, 4) is 0 Å². The fraction of sp³-hybridized carbons (Fsp3) is 0.353. The van der Waals surface area contributed by atoms with Gasteiger partial charge in [-0.25, -0.2) is 4.98 Å². The van der Waals surface area contributed by atoms with E-state index in [0.717, 1.165) is 40.5 Å². The molecule has 6 heteroatoms. The fourth-order valence-corrected chi connectivity index (χ4v) is 3.33. The summed E-state index contributed by atoms with van der Waals surface area (Å²) in [5, 5.41) is 7.16. The first-order valence-corrected chi connectivity index (χ1v) is 7.91. The van der Waals surface area contributed by atoms with Crippen LogP contribution in [0.5, 0.6) is 0 Å². The molecule has 3 heterocycles. The standard InChI is InChI=1S/C17H19N5O/c1-11-13(12(2)20-19-11)7-8-16(23)22-10-9-21-15-6-4-3-5-14(15)18-17(21)22/h3-6H,7-10H2,1-2H3,(H,19,20). The van der Waals surface area contributed by atoms with Gasteiger partial charge < -0.3 is 4.57 Å². The van der Waals surface area contributed by atoms with Crippen LogP contribution in [0.1, 0.15) is 23.4 Å². The van der Waals surface area contributed by atoms with Crippen LogP contribution in [-0.2, 0) is 17.8 Å². The largest absolute Gasteiger partial charge is 0.308 e. The van der Waals surface area contributed by atoms with Crippen molar-refractivity contribution in [1.29, 1.82) is 0 Å². The highest BCUT2D eigenvalue weighted by molar-refractivity contribution is 5.95. The van der Waals surface area contributed by atoms with E-state index in [0.29, 0.717) is 19.4 Å². The van der Waals surface area contributed by atoms with E-state index < -0.39 is 0 Å². The van der Waals surface area contributed by atoms with Gasteiger partial charge in [0.1, 0.15) is 0 Å². The van der Waals surface area contributed by atoms with E-state index >= 15 is 0 Å². The van der Waals surface area contributed by atoms with Crippen LogP contribution in [0.4, 0.5) is 5.95 Å². The summed E-state index contributed by atoms with van der Waals surface area (Å²) in [6.07, 6.45) is 1.19. The Morgan fingerprint density at radius 2 is 2.09 bits per heavy atom. The Bertz CT molecular complexity index is 872. The van der Waals surface area contributed by atoms with Crippen LogP contribution >= 0.6 is 0 Å². The third-order valence-electron chi connectivity index (χ3n) is 4.59. The molecule has 0 radical (unpaired) electrons. The second-order valence-electron chi connectivity index (χ2n) is 6.01. The molecule has 1 N–H and O–H groups in total. The number of nitrogens with zero attached hydrogens (tertiary/aromatic N) is 4. The van der Waals surface area contributed by atoms with Gasteiger partial charge >= 0.3 is 0 Å². The van der Waals surface area contributed by atoms with Gasteiger partial charge in [0.25, 0.3) is 0 Å². The Morgan fingerprint density at radius 3 is 2.87 bits per heavy atom. The third kappa shape index (κ3) is 2.21. The predicted molar refractivity (Wildman–Crippen MR) is 88.5 cm³/mol. The highest BCUT2D eigenvalue weighted by Crippen LogP contribution is 2.27. The van der Waals surface area contributed by atoms with Gasteiger partial charge in [-0.15, -0.1) is 0 Å².